The van der Waals surface area contributed by atoms with E-state index >= 15 is 0 Å². The van der Waals surface area contributed by atoms with E-state index < -0.39 is 109 Å². The summed E-state index contributed by atoms with van der Waals surface area (Å²) in [4.78, 5) is 102. The minimum absolute atomic E-state index is 0.146. The topological polar surface area (TPSA) is 301 Å². The fourth-order valence-corrected chi connectivity index (χ4v) is 5.77. The number of unbranched alkanes of at least 4 members (excludes halogenated alkanes) is 1. The molecule has 1 fully saturated rings. The summed E-state index contributed by atoms with van der Waals surface area (Å²) < 4.78 is 0. The van der Waals surface area contributed by atoms with Crippen LogP contribution >= 0.6 is 11.8 Å². The standard InChI is InChI=1S/C31H53N7O11S/c1-17(2)25(37-26(43)18(33)7-4-5-14-32)29(46)35-20(13-16-50-3)30(47)38-15-6-8-22(38)28(45)34-19(9-11-23(39)40)27(44)36-21(31(48)49)10-12-24(41)42/h17-22,25H,4-16,32-33H2,1-3H3,(H,34,45)(H,35,46)(H,36,44)(H,37,43)(H,39,40)(H,41,42)(H,48,49)/t18-,19-,20-,21-,22-,25-/m0/s1. The van der Waals surface area contributed by atoms with Crippen LogP contribution in [0.2, 0.25) is 0 Å². The number of hydrogen-bond acceptors (Lipinski definition) is 11. The molecule has 284 valence electrons. The van der Waals surface area contributed by atoms with Crippen LogP contribution in [0.4, 0.5) is 0 Å². The SMILES string of the molecule is CSCC[C@H](NC(=O)[C@@H](NC(=O)[C@@H](N)CCCCN)C(C)C)C(=O)N1CCC[C@H]1C(=O)N[C@@H](CCC(=O)O)C(=O)N[C@@H](CCC(=O)O)C(=O)O. The lowest BCUT2D eigenvalue weighted by Crippen LogP contribution is -2.59. The molecule has 1 aliphatic rings. The van der Waals surface area contributed by atoms with Crippen LogP contribution in [0, 0.1) is 5.92 Å². The third-order valence-electron chi connectivity index (χ3n) is 8.16. The first-order chi connectivity index (χ1) is 23.5. The third-order valence-corrected chi connectivity index (χ3v) is 8.80. The van der Waals surface area contributed by atoms with Gasteiger partial charge in [0.1, 0.15) is 30.2 Å². The van der Waals surface area contributed by atoms with Crippen LogP contribution in [-0.4, -0.2) is 129 Å². The second-order valence-electron chi connectivity index (χ2n) is 12.5. The molecule has 6 atom stereocenters. The summed E-state index contributed by atoms with van der Waals surface area (Å²) in [7, 11) is 0. The molecule has 0 aromatic carbocycles. The van der Waals surface area contributed by atoms with Gasteiger partial charge in [0, 0.05) is 19.4 Å². The van der Waals surface area contributed by atoms with Gasteiger partial charge in [-0.3, -0.25) is 33.6 Å². The number of carboxylic acids is 3. The summed E-state index contributed by atoms with van der Waals surface area (Å²) >= 11 is 1.43. The van der Waals surface area contributed by atoms with Crippen molar-refractivity contribution in [1.82, 2.24) is 26.2 Å². The van der Waals surface area contributed by atoms with Crippen LogP contribution in [0.15, 0.2) is 0 Å². The van der Waals surface area contributed by atoms with E-state index in [2.05, 4.69) is 21.3 Å². The molecule has 11 N–H and O–H groups in total. The van der Waals surface area contributed by atoms with Crippen molar-refractivity contribution < 1.29 is 53.7 Å². The lowest BCUT2D eigenvalue weighted by Gasteiger charge is -2.31. The van der Waals surface area contributed by atoms with Gasteiger partial charge in [-0.05, 0) is 69.4 Å². The van der Waals surface area contributed by atoms with Gasteiger partial charge in [0.25, 0.3) is 0 Å². The highest BCUT2D eigenvalue weighted by molar-refractivity contribution is 7.98. The molecule has 1 heterocycles. The van der Waals surface area contributed by atoms with Crippen LogP contribution in [0.1, 0.15) is 78.1 Å². The summed E-state index contributed by atoms with van der Waals surface area (Å²) in [5.74, 6) is -7.49. The molecular formula is C31H53N7O11S. The summed E-state index contributed by atoms with van der Waals surface area (Å²) in [5, 5.41) is 37.5. The zero-order valence-electron chi connectivity index (χ0n) is 28.9. The first kappa shape index (κ1) is 44.1. The van der Waals surface area contributed by atoms with E-state index in [1.165, 1.54) is 16.7 Å². The van der Waals surface area contributed by atoms with Crippen LogP contribution in [-0.2, 0) is 38.4 Å². The van der Waals surface area contributed by atoms with Crippen molar-refractivity contribution in [2.75, 3.05) is 25.1 Å². The number of aliphatic carboxylic acids is 3. The molecule has 1 saturated heterocycles. The number of hydrogen-bond donors (Lipinski definition) is 9. The number of nitrogens with two attached hydrogens (primary N) is 2. The van der Waals surface area contributed by atoms with E-state index in [0.717, 1.165) is 0 Å². The van der Waals surface area contributed by atoms with Gasteiger partial charge in [-0.1, -0.05) is 20.3 Å². The molecule has 0 aromatic rings. The van der Waals surface area contributed by atoms with Crippen LogP contribution in [0.3, 0.4) is 0 Å². The first-order valence-electron chi connectivity index (χ1n) is 16.7. The van der Waals surface area contributed by atoms with E-state index in [4.69, 9.17) is 16.6 Å². The Morgan fingerprint density at radius 3 is 1.92 bits per heavy atom. The lowest BCUT2D eigenvalue weighted by atomic mass is 10.0. The Morgan fingerprint density at radius 2 is 1.38 bits per heavy atom. The quantitative estimate of drug-likeness (QED) is 0.0516. The largest absolute Gasteiger partial charge is 0.481 e. The maximum absolute atomic E-state index is 13.9. The molecule has 1 rings (SSSR count). The highest BCUT2D eigenvalue weighted by atomic mass is 32.2. The fraction of sp³-hybridized carbons (Fsp3) is 0.742. The van der Waals surface area contributed by atoms with Crippen molar-refractivity contribution in [3.05, 3.63) is 0 Å². The number of amides is 5. The number of carboxylic acid groups (broad SMARTS) is 3. The number of likely N-dealkylation sites (tertiary alicyclic amines) is 1. The number of nitrogens with zero attached hydrogens (tertiary/aromatic N) is 1. The molecule has 0 aliphatic carbocycles. The Balaban J connectivity index is 3.15. The van der Waals surface area contributed by atoms with Crippen molar-refractivity contribution >= 4 is 59.2 Å². The minimum Gasteiger partial charge on any atom is -0.481 e. The van der Waals surface area contributed by atoms with Gasteiger partial charge in [0.2, 0.25) is 29.5 Å². The number of thioether (sulfide) groups is 1. The zero-order chi connectivity index (χ0) is 38.0. The molecule has 0 aromatic heterocycles. The summed E-state index contributed by atoms with van der Waals surface area (Å²) in [6.45, 7) is 4.06. The van der Waals surface area contributed by atoms with Crippen LogP contribution < -0.4 is 32.7 Å². The molecule has 0 radical (unpaired) electrons. The van der Waals surface area contributed by atoms with Crippen molar-refractivity contribution in [3.8, 4) is 0 Å². The van der Waals surface area contributed by atoms with Crippen molar-refractivity contribution in [3.63, 3.8) is 0 Å². The Kier molecular flexibility index (Phi) is 20.0. The second-order valence-corrected chi connectivity index (χ2v) is 13.5. The second kappa shape index (κ2) is 22.7. The fourth-order valence-electron chi connectivity index (χ4n) is 5.29. The molecule has 1 aliphatic heterocycles. The van der Waals surface area contributed by atoms with Gasteiger partial charge >= 0.3 is 17.9 Å². The van der Waals surface area contributed by atoms with E-state index in [9.17, 15) is 48.6 Å². The molecule has 0 spiro atoms. The van der Waals surface area contributed by atoms with Crippen LogP contribution in [0.5, 0.6) is 0 Å². The Hall–Kier alpha value is -3.97. The number of carbonyl (C=O) groups is 8. The van der Waals surface area contributed by atoms with Gasteiger partial charge in [0.05, 0.1) is 6.04 Å². The molecule has 50 heavy (non-hydrogen) atoms. The average Bonchev–Trinajstić information content (AvgIpc) is 3.54. The van der Waals surface area contributed by atoms with Gasteiger partial charge in [0.15, 0.2) is 0 Å². The first-order valence-corrected chi connectivity index (χ1v) is 18.1. The highest BCUT2D eigenvalue weighted by Gasteiger charge is 2.40. The zero-order valence-corrected chi connectivity index (χ0v) is 29.7. The molecular weight excluding hydrogens is 678 g/mol. The molecule has 19 heteroatoms. The summed E-state index contributed by atoms with van der Waals surface area (Å²) in [6, 6.07) is -7.15. The van der Waals surface area contributed by atoms with E-state index in [1.807, 2.05) is 6.26 Å². The number of carbonyl (C=O) groups excluding carboxylic acids is 5. The van der Waals surface area contributed by atoms with Gasteiger partial charge in [-0.25, -0.2) is 4.79 Å². The predicted molar refractivity (Wildman–Crippen MR) is 183 cm³/mol. The Bertz CT molecular complexity index is 1210. The van der Waals surface area contributed by atoms with E-state index in [-0.39, 0.29) is 25.3 Å². The average molecular weight is 732 g/mol. The molecule has 0 bridgehead atoms. The van der Waals surface area contributed by atoms with E-state index in [0.29, 0.717) is 38.0 Å². The van der Waals surface area contributed by atoms with E-state index in [1.54, 1.807) is 13.8 Å². The van der Waals surface area contributed by atoms with Crippen molar-refractivity contribution in [2.24, 2.45) is 17.4 Å². The predicted octanol–water partition coefficient (Wildman–Crippen LogP) is -1.40. The molecule has 0 saturated carbocycles. The third kappa shape index (κ3) is 15.3. The monoisotopic (exact) mass is 731 g/mol. The molecule has 18 nitrogen and oxygen atoms in total. The highest BCUT2D eigenvalue weighted by Crippen LogP contribution is 2.21. The minimum atomic E-state index is -1.61. The van der Waals surface area contributed by atoms with Gasteiger partial charge in [-0.2, -0.15) is 11.8 Å². The number of rotatable bonds is 24. The van der Waals surface area contributed by atoms with Gasteiger partial charge in [-0.15, -0.1) is 0 Å². The Labute approximate surface area is 295 Å². The molecule has 0 unspecified atom stereocenters. The van der Waals surface area contributed by atoms with Crippen molar-refractivity contribution in [1.29, 1.82) is 0 Å². The smallest absolute Gasteiger partial charge is 0.326 e. The maximum atomic E-state index is 13.9. The van der Waals surface area contributed by atoms with Crippen molar-refractivity contribution in [2.45, 2.75) is 114 Å². The lowest BCUT2D eigenvalue weighted by molar-refractivity contribution is -0.145. The van der Waals surface area contributed by atoms with Crippen LogP contribution in [0.25, 0.3) is 0 Å². The number of nitrogens with one attached hydrogen (secondary N) is 4. The van der Waals surface area contributed by atoms with Gasteiger partial charge < -0.3 is 53.0 Å². The maximum Gasteiger partial charge on any atom is 0.326 e. The molecule has 5 amide bonds. The summed E-state index contributed by atoms with van der Waals surface area (Å²) in [5.41, 5.74) is 11.5. The normalized spacial score (nSPS) is 17.2. The Morgan fingerprint density at radius 1 is 0.780 bits per heavy atom. The summed E-state index contributed by atoms with van der Waals surface area (Å²) in [6.07, 6.45) is 2.34.